The normalized spacial score (nSPS) is 15.7. The number of ether oxygens (including phenoxy) is 1. The minimum Gasteiger partial charge on any atom is -0.410 e. The second kappa shape index (κ2) is 10.5. The Morgan fingerprint density at radius 1 is 1.04 bits per heavy atom. The van der Waals surface area contributed by atoms with Crippen LogP contribution in [-0.4, -0.2) is 17.3 Å². The summed E-state index contributed by atoms with van der Waals surface area (Å²) in [7, 11) is 0. The van der Waals surface area contributed by atoms with E-state index in [4.69, 9.17) is 4.74 Å². The molecular weight excluding hydrogens is 406 g/mol. The molecule has 3 rings (SSSR count). The van der Waals surface area contributed by atoms with Crippen LogP contribution >= 0.6 is 15.9 Å². The van der Waals surface area contributed by atoms with E-state index in [9.17, 15) is 9.59 Å². The Morgan fingerprint density at radius 3 is 2.22 bits per heavy atom. The Balaban J connectivity index is 0.00000126. The molecule has 0 bridgehead atoms. The van der Waals surface area contributed by atoms with E-state index in [2.05, 4.69) is 15.9 Å². The molecule has 27 heavy (non-hydrogen) atoms. The smallest absolute Gasteiger partial charge is 0.410 e. The largest absolute Gasteiger partial charge is 0.423 e. The summed E-state index contributed by atoms with van der Waals surface area (Å²) in [5.41, 5.74) is 1.63. The van der Waals surface area contributed by atoms with Gasteiger partial charge in [-0.05, 0) is 24.1 Å². The quantitative estimate of drug-likeness (QED) is 0.587. The number of carbonyl (C=O) groups is 2. The fourth-order valence-electron chi connectivity index (χ4n) is 2.60. The van der Waals surface area contributed by atoms with Crippen molar-refractivity contribution in [2.75, 3.05) is 0 Å². The highest BCUT2D eigenvalue weighted by Crippen LogP contribution is 2.32. The highest BCUT2D eigenvalue weighted by Gasteiger charge is 2.26. The standard InChI is InChI=1S/C20H16BrNO3.C2H6/c21-19-13-22(20(24)25-17-9-5-2-6-10-17)12-16(14-23)18(19)11-15-7-3-1-4-8-15;1-2/h1-10,12-14,18H,11H2;1-2H3. The summed E-state index contributed by atoms with van der Waals surface area (Å²) in [4.78, 5) is 25.1. The van der Waals surface area contributed by atoms with Gasteiger partial charge in [-0.1, -0.05) is 78.3 Å². The molecule has 1 aliphatic heterocycles. The molecule has 1 amide bonds. The Kier molecular flexibility index (Phi) is 8.01. The summed E-state index contributed by atoms with van der Waals surface area (Å²) < 4.78 is 6.07. The van der Waals surface area contributed by atoms with E-state index >= 15 is 0 Å². The lowest BCUT2D eigenvalue weighted by Crippen LogP contribution is -2.29. The number of para-hydroxylation sites is 1. The summed E-state index contributed by atoms with van der Waals surface area (Å²) in [6.45, 7) is 4.00. The average Bonchev–Trinajstić information content (AvgIpc) is 2.72. The Morgan fingerprint density at radius 2 is 1.63 bits per heavy atom. The van der Waals surface area contributed by atoms with Gasteiger partial charge in [0, 0.05) is 28.4 Å². The minimum absolute atomic E-state index is 0.124. The maximum Gasteiger partial charge on any atom is 0.423 e. The number of hydrogen-bond acceptors (Lipinski definition) is 3. The van der Waals surface area contributed by atoms with Crippen LogP contribution in [0.3, 0.4) is 0 Å². The predicted octanol–water partition coefficient (Wildman–Crippen LogP) is 5.71. The van der Waals surface area contributed by atoms with Gasteiger partial charge in [0.15, 0.2) is 0 Å². The van der Waals surface area contributed by atoms with Gasteiger partial charge in [0.25, 0.3) is 0 Å². The molecule has 1 heterocycles. The molecule has 0 N–H and O–H groups in total. The monoisotopic (exact) mass is 427 g/mol. The molecule has 2 aromatic rings. The molecule has 1 unspecified atom stereocenters. The SMILES string of the molecule is CC.O=CC1=CN(C(=O)Oc2ccccc2)C=C(Br)C1Cc1ccccc1. The fourth-order valence-corrected chi connectivity index (χ4v) is 3.24. The van der Waals surface area contributed by atoms with Crippen molar-refractivity contribution in [1.82, 2.24) is 4.90 Å². The molecule has 0 aliphatic carbocycles. The van der Waals surface area contributed by atoms with Gasteiger partial charge in [0.2, 0.25) is 0 Å². The molecule has 1 atom stereocenters. The highest BCUT2D eigenvalue weighted by atomic mass is 79.9. The Hall–Kier alpha value is -2.66. The summed E-state index contributed by atoms with van der Waals surface area (Å²) in [6.07, 6.45) is 4.05. The van der Waals surface area contributed by atoms with Crippen molar-refractivity contribution in [2.45, 2.75) is 20.3 Å². The van der Waals surface area contributed by atoms with Crippen LogP contribution in [0.15, 0.2) is 83.1 Å². The van der Waals surface area contributed by atoms with Gasteiger partial charge < -0.3 is 4.74 Å². The summed E-state index contributed by atoms with van der Waals surface area (Å²) in [5, 5.41) is 0. The molecule has 4 nitrogen and oxygen atoms in total. The van der Waals surface area contributed by atoms with E-state index < -0.39 is 6.09 Å². The molecule has 0 saturated heterocycles. The first-order chi connectivity index (χ1) is 13.2. The van der Waals surface area contributed by atoms with E-state index in [0.717, 1.165) is 16.3 Å². The molecule has 2 aromatic carbocycles. The average molecular weight is 428 g/mol. The zero-order chi connectivity index (χ0) is 19.6. The van der Waals surface area contributed by atoms with Crippen molar-refractivity contribution in [3.05, 3.63) is 88.7 Å². The van der Waals surface area contributed by atoms with Crippen molar-refractivity contribution in [1.29, 1.82) is 0 Å². The fraction of sp³-hybridized carbons (Fsp3) is 0.182. The highest BCUT2D eigenvalue weighted by molar-refractivity contribution is 9.11. The lowest BCUT2D eigenvalue weighted by Gasteiger charge is -2.26. The molecule has 0 spiro atoms. The molecule has 140 valence electrons. The molecule has 0 radical (unpaired) electrons. The Bertz CT molecular complexity index is 816. The van der Waals surface area contributed by atoms with Crippen LogP contribution < -0.4 is 4.74 Å². The number of nitrogens with zero attached hydrogens (tertiary/aromatic N) is 1. The molecule has 0 saturated carbocycles. The van der Waals surface area contributed by atoms with Gasteiger partial charge in [0.1, 0.15) is 12.0 Å². The zero-order valence-corrected chi connectivity index (χ0v) is 16.9. The number of carbonyl (C=O) groups excluding carboxylic acids is 2. The van der Waals surface area contributed by atoms with E-state index in [-0.39, 0.29) is 5.92 Å². The van der Waals surface area contributed by atoms with Crippen molar-refractivity contribution in [3.63, 3.8) is 0 Å². The third-order valence-corrected chi connectivity index (χ3v) is 4.62. The summed E-state index contributed by atoms with van der Waals surface area (Å²) >= 11 is 3.50. The molecular formula is C22H22BrNO3. The third kappa shape index (κ3) is 5.66. The van der Waals surface area contributed by atoms with Crippen LogP contribution in [0.1, 0.15) is 19.4 Å². The number of rotatable bonds is 4. The van der Waals surface area contributed by atoms with E-state index in [1.165, 1.54) is 11.1 Å². The molecule has 1 aliphatic rings. The van der Waals surface area contributed by atoms with Gasteiger partial charge in [-0.2, -0.15) is 0 Å². The second-order valence-corrected chi connectivity index (χ2v) is 6.51. The van der Waals surface area contributed by atoms with Crippen molar-refractivity contribution >= 4 is 28.3 Å². The van der Waals surface area contributed by atoms with Crippen LogP contribution in [0.5, 0.6) is 5.75 Å². The molecule has 0 aromatic heterocycles. The van der Waals surface area contributed by atoms with Crippen molar-refractivity contribution < 1.29 is 14.3 Å². The van der Waals surface area contributed by atoms with E-state index in [0.29, 0.717) is 17.7 Å². The number of hydrogen-bond donors (Lipinski definition) is 0. The summed E-state index contributed by atoms with van der Waals surface area (Å²) in [5.74, 6) is 0.324. The minimum atomic E-state index is -0.569. The summed E-state index contributed by atoms with van der Waals surface area (Å²) in [6, 6.07) is 18.7. The van der Waals surface area contributed by atoms with Gasteiger partial charge in [-0.25, -0.2) is 4.79 Å². The van der Waals surface area contributed by atoms with Gasteiger partial charge in [-0.3, -0.25) is 9.69 Å². The number of amides is 1. The maximum atomic E-state index is 12.3. The van der Waals surface area contributed by atoms with Crippen LogP contribution in [0, 0.1) is 5.92 Å². The number of allylic oxidation sites excluding steroid dienone is 2. The lowest BCUT2D eigenvalue weighted by atomic mass is 9.91. The first kappa shape index (κ1) is 20.6. The van der Waals surface area contributed by atoms with Gasteiger partial charge >= 0.3 is 6.09 Å². The predicted molar refractivity (Wildman–Crippen MR) is 110 cm³/mol. The molecule has 0 fully saturated rings. The number of halogens is 1. The van der Waals surface area contributed by atoms with Crippen molar-refractivity contribution in [3.8, 4) is 5.75 Å². The third-order valence-electron chi connectivity index (χ3n) is 3.86. The number of benzene rings is 2. The van der Waals surface area contributed by atoms with Crippen LogP contribution in [0.4, 0.5) is 4.79 Å². The van der Waals surface area contributed by atoms with Crippen LogP contribution in [-0.2, 0) is 11.2 Å². The second-order valence-electron chi connectivity index (χ2n) is 5.59. The number of aldehydes is 1. The van der Waals surface area contributed by atoms with Gasteiger partial charge in [-0.15, -0.1) is 0 Å². The van der Waals surface area contributed by atoms with E-state index in [1.807, 2.05) is 50.2 Å². The zero-order valence-electron chi connectivity index (χ0n) is 15.3. The van der Waals surface area contributed by atoms with Gasteiger partial charge in [0.05, 0.1) is 0 Å². The lowest BCUT2D eigenvalue weighted by molar-refractivity contribution is -0.105. The topological polar surface area (TPSA) is 46.6 Å². The van der Waals surface area contributed by atoms with Crippen LogP contribution in [0.25, 0.3) is 0 Å². The van der Waals surface area contributed by atoms with Crippen molar-refractivity contribution in [2.24, 2.45) is 5.92 Å². The maximum absolute atomic E-state index is 12.3. The Labute approximate surface area is 168 Å². The van der Waals surface area contributed by atoms with E-state index in [1.54, 1.807) is 30.5 Å². The first-order valence-electron chi connectivity index (χ1n) is 8.80. The van der Waals surface area contributed by atoms with Crippen LogP contribution in [0.2, 0.25) is 0 Å². The first-order valence-corrected chi connectivity index (χ1v) is 9.60. The molecule has 5 heteroatoms.